The molecule has 0 amide bonds. The molecule has 0 aromatic heterocycles. The van der Waals surface area contributed by atoms with Crippen LogP contribution >= 0.6 is 0 Å². The molecule has 0 aromatic carbocycles. The summed E-state index contributed by atoms with van der Waals surface area (Å²) in [7, 11) is 3.94. The second-order valence-corrected chi connectivity index (χ2v) is 6.06. The summed E-state index contributed by atoms with van der Waals surface area (Å²) in [6, 6.07) is 0.982. The molecular weight excluding hydrogens is 228 g/mol. The SMILES string of the molecule is COCC(C)N(C)CC1(CNC(C)C)CCOC1. The summed E-state index contributed by atoms with van der Waals surface area (Å²) in [5, 5.41) is 3.57. The summed E-state index contributed by atoms with van der Waals surface area (Å²) in [6.45, 7) is 11.3. The zero-order valence-corrected chi connectivity index (χ0v) is 12.7. The third-order valence-corrected chi connectivity index (χ3v) is 3.82. The smallest absolute Gasteiger partial charge is 0.0615 e. The van der Waals surface area contributed by atoms with Crippen molar-refractivity contribution in [3.8, 4) is 0 Å². The van der Waals surface area contributed by atoms with Crippen molar-refractivity contribution in [3.05, 3.63) is 0 Å². The minimum Gasteiger partial charge on any atom is -0.383 e. The van der Waals surface area contributed by atoms with E-state index < -0.39 is 0 Å². The van der Waals surface area contributed by atoms with Gasteiger partial charge in [0.25, 0.3) is 0 Å². The first-order chi connectivity index (χ1) is 8.49. The van der Waals surface area contributed by atoms with Gasteiger partial charge in [-0.2, -0.15) is 0 Å². The number of hydrogen-bond donors (Lipinski definition) is 1. The first-order valence-electron chi connectivity index (χ1n) is 6.99. The summed E-state index contributed by atoms with van der Waals surface area (Å²) in [5.41, 5.74) is 0.265. The van der Waals surface area contributed by atoms with Gasteiger partial charge in [-0.05, 0) is 20.4 Å². The first-order valence-corrected chi connectivity index (χ1v) is 6.99. The molecule has 1 aliphatic heterocycles. The fourth-order valence-electron chi connectivity index (χ4n) is 2.44. The van der Waals surface area contributed by atoms with Crippen LogP contribution in [0.3, 0.4) is 0 Å². The summed E-state index contributed by atoms with van der Waals surface area (Å²) >= 11 is 0. The molecule has 0 bridgehead atoms. The Morgan fingerprint density at radius 3 is 2.61 bits per heavy atom. The fourth-order valence-corrected chi connectivity index (χ4v) is 2.44. The van der Waals surface area contributed by atoms with Crippen molar-refractivity contribution in [3.63, 3.8) is 0 Å². The lowest BCUT2D eigenvalue weighted by atomic mass is 9.86. The number of rotatable bonds is 8. The number of hydrogen-bond acceptors (Lipinski definition) is 4. The molecule has 2 unspecified atom stereocenters. The highest BCUT2D eigenvalue weighted by Gasteiger charge is 2.36. The molecule has 1 heterocycles. The van der Waals surface area contributed by atoms with E-state index in [4.69, 9.17) is 9.47 Å². The highest BCUT2D eigenvalue weighted by molar-refractivity contribution is 4.89. The molecule has 4 nitrogen and oxygen atoms in total. The Balaban J connectivity index is 2.51. The van der Waals surface area contributed by atoms with Crippen LogP contribution in [0.2, 0.25) is 0 Å². The number of likely N-dealkylation sites (N-methyl/N-ethyl adjacent to an activating group) is 1. The van der Waals surface area contributed by atoms with Crippen LogP contribution in [0, 0.1) is 5.41 Å². The highest BCUT2D eigenvalue weighted by Crippen LogP contribution is 2.29. The van der Waals surface area contributed by atoms with Gasteiger partial charge in [0.15, 0.2) is 0 Å². The number of nitrogens with zero attached hydrogens (tertiary/aromatic N) is 1. The van der Waals surface area contributed by atoms with Crippen molar-refractivity contribution >= 4 is 0 Å². The molecule has 2 atom stereocenters. The van der Waals surface area contributed by atoms with Crippen molar-refractivity contribution in [2.75, 3.05) is 47.1 Å². The lowest BCUT2D eigenvalue weighted by Gasteiger charge is -2.35. The standard InChI is InChI=1S/C14H30N2O2/c1-12(2)15-9-14(6-7-18-11-14)10-16(4)13(3)8-17-5/h12-13,15H,6-11H2,1-5H3. The summed E-state index contributed by atoms with van der Waals surface area (Å²) < 4.78 is 10.9. The predicted molar refractivity (Wildman–Crippen MR) is 75.0 cm³/mol. The van der Waals surface area contributed by atoms with E-state index in [0.29, 0.717) is 12.1 Å². The molecule has 18 heavy (non-hydrogen) atoms. The Morgan fingerprint density at radius 2 is 2.11 bits per heavy atom. The van der Waals surface area contributed by atoms with E-state index in [2.05, 4.69) is 38.0 Å². The molecule has 0 aromatic rings. The zero-order chi connectivity index (χ0) is 13.6. The van der Waals surface area contributed by atoms with Crippen LogP contribution in [0.25, 0.3) is 0 Å². The van der Waals surface area contributed by atoms with Crippen molar-refractivity contribution in [1.82, 2.24) is 10.2 Å². The maximum atomic E-state index is 5.64. The molecule has 0 aliphatic carbocycles. The zero-order valence-electron chi connectivity index (χ0n) is 12.7. The van der Waals surface area contributed by atoms with Crippen molar-refractivity contribution in [2.24, 2.45) is 5.41 Å². The van der Waals surface area contributed by atoms with E-state index in [1.54, 1.807) is 7.11 Å². The van der Waals surface area contributed by atoms with Gasteiger partial charge in [0.1, 0.15) is 0 Å². The van der Waals surface area contributed by atoms with Gasteiger partial charge in [-0.1, -0.05) is 13.8 Å². The van der Waals surface area contributed by atoms with E-state index in [-0.39, 0.29) is 5.41 Å². The molecule has 108 valence electrons. The van der Waals surface area contributed by atoms with Gasteiger partial charge in [0.05, 0.1) is 13.2 Å². The van der Waals surface area contributed by atoms with Gasteiger partial charge in [-0.15, -0.1) is 0 Å². The molecule has 1 saturated heterocycles. The molecule has 1 aliphatic rings. The van der Waals surface area contributed by atoms with Gasteiger partial charge in [0.2, 0.25) is 0 Å². The monoisotopic (exact) mass is 258 g/mol. The normalized spacial score (nSPS) is 26.2. The third kappa shape index (κ3) is 4.84. The second-order valence-electron chi connectivity index (χ2n) is 6.06. The topological polar surface area (TPSA) is 33.7 Å². The largest absolute Gasteiger partial charge is 0.383 e. The molecule has 1 fully saturated rings. The molecular formula is C14H30N2O2. The number of ether oxygens (including phenoxy) is 2. The van der Waals surface area contributed by atoms with Crippen LogP contribution < -0.4 is 5.32 Å². The van der Waals surface area contributed by atoms with Crippen LogP contribution in [-0.2, 0) is 9.47 Å². The predicted octanol–water partition coefficient (Wildman–Crippen LogP) is 1.36. The van der Waals surface area contributed by atoms with E-state index in [9.17, 15) is 0 Å². The van der Waals surface area contributed by atoms with E-state index in [0.717, 1.165) is 39.3 Å². The number of methoxy groups -OCH3 is 1. The Labute approximate surface area is 112 Å². The molecule has 0 saturated carbocycles. The first kappa shape index (κ1) is 15.9. The van der Waals surface area contributed by atoms with E-state index >= 15 is 0 Å². The van der Waals surface area contributed by atoms with Gasteiger partial charge < -0.3 is 19.7 Å². The van der Waals surface area contributed by atoms with Crippen LogP contribution in [0.4, 0.5) is 0 Å². The van der Waals surface area contributed by atoms with Crippen molar-refractivity contribution in [1.29, 1.82) is 0 Å². The van der Waals surface area contributed by atoms with Crippen molar-refractivity contribution in [2.45, 2.75) is 39.3 Å². The van der Waals surface area contributed by atoms with Crippen LogP contribution in [0.15, 0.2) is 0 Å². The van der Waals surface area contributed by atoms with Crippen LogP contribution in [0.1, 0.15) is 27.2 Å². The maximum absolute atomic E-state index is 5.64. The molecule has 0 radical (unpaired) electrons. The highest BCUT2D eigenvalue weighted by atomic mass is 16.5. The maximum Gasteiger partial charge on any atom is 0.0615 e. The minimum atomic E-state index is 0.265. The Morgan fingerprint density at radius 1 is 1.39 bits per heavy atom. The van der Waals surface area contributed by atoms with Gasteiger partial charge in [-0.25, -0.2) is 0 Å². The Bertz CT molecular complexity index is 228. The van der Waals surface area contributed by atoms with Gasteiger partial charge in [0, 0.05) is 44.3 Å². The quantitative estimate of drug-likeness (QED) is 0.713. The molecule has 1 N–H and O–H groups in total. The lowest BCUT2D eigenvalue weighted by molar-refractivity contribution is 0.0688. The summed E-state index contributed by atoms with van der Waals surface area (Å²) in [6.07, 6.45) is 1.15. The molecule has 0 spiro atoms. The molecule has 1 rings (SSSR count). The van der Waals surface area contributed by atoms with Crippen molar-refractivity contribution < 1.29 is 9.47 Å². The van der Waals surface area contributed by atoms with E-state index in [1.165, 1.54) is 0 Å². The van der Waals surface area contributed by atoms with Gasteiger partial charge >= 0.3 is 0 Å². The van der Waals surface area contributed by atoms with E-state index in [1.807, 2.05) is 0 Å². The third-order valence-electron chi connectivity index (χ3n) is 3.82. The Hall–Kier alpha value is -0.160. The minimum absolute atomic E-state index is 0.265. The lowest BCUT2D eigenvalue weighted by Crippen LogP contribution is -2.48. The fraction of sp³-hybridized carbons (Fsp3) is 1.00. The molecule has 4 heteroatoms. The number of nitrogens with one attached hydrogen (secondary N) is 1. The Kier molecular flexibility index (Phi) is 6.57. The summed E-state index contributed by atoms with van der Waals surface area (Å²) in [4.78, 5) is 2.39. The van der Waals surface area contributed by atoms with Crippen LogP contribution in [-0.4, -0.2) is 64.1 Å². The van der Waals surface area contributed by atoms with Gasteiger partial charge in [-0.3, -0.25) is 0 Å². The van der Waals surface area contributed by atoms with Crippen LogP contribution in [0.5, 0.6) is 0 Å². The average Bonchev–Trinajstić information content (AvgIpc) is 2.76. The average molecular weight is 258 g/mol. The second kappa shape index (κ2) is 7.43. The summed E-state index contributed by atoms with van der Waals surface area (Å²) in [5.74, 6) is 0.